The van der Waals surface area contributed by atoms with E-state index in [1.165, 1.54) is 12.1 Å². The van der Waals surface area contributed by atoms with Crippen LogP contribution in [0.4, 0.5) is 18.3 Å². The molecule has 1 aromatic heterocycles. The van der Waals surface area contributed by atoms with Crippen LogP contribution in [0.1, 0.15) is 11.3 Å². The summed E-state index contributed by atoms with van der Waals surface area (Å²) in [6.45, 7) is 0. The van der Waals surface area contributed by atoms with Gasteiger partial charge in [0.05, 0.1) is 16.5 Å². The van der Waals surface area contributed by atoms with Crippen LogP contribution in [0.5, 0.6) is 0 Å². The highest BCUT2D eigenvalue weighted by Gasteiger charge is 2.38. The molecule has 18 heavy (non-hydrogen) atoms. The minimum atomic E-state index is -4.59. The molecule has 3 nitrogen and oxygen atoms in total. The Kier molecular flexibility index (Phi) is 2.97. The van der Waals surface area contributed by atoms with Gasteiger partial charge in [-0.3, -0.25) is 0 Å². The van der Waals surface area contributed by atoms with Gasteiger partial charge < -0.3 is 5.73 Å². The third kappa shape index (κ3) is 2.15. The maximum atomic E-state index is 12.8. The van der Waals surface area contributed by atoms with Crippen LogP contribution in [0, 0.1) is 11.3 Å². The lowest BCUT2D eigenvalue weighted by atomic mass is 10.1. The summed E-state index contributed by atoms with van der Waals surface area (Å²) in [7, 11) is 0. The van der Waals surface area contributed by atoms with Crippen molar-refractivity contribution >= 4 is 16.5 Å². The zero-order valence-corrected chi connectivity index (χ0v) is 9.64. The lowest BCUT2D eigenvalue weighted by molar-refractivity contribution is -0.140. The number of rotatable bonds is 1. The van der Waals surface area contributed by atoms with Crippen molar-refractivity contribution in [3.63, 3.8) is 0 Å². The van der Waals surface area contributed by atoms with Gasteiger partial charge in [0.2, 0.25) is 0 Å². The molecule has 0 saturated heterocycles. The molecule has 0 radical (unpaired) electrons. The Labute approximate surface area is 104 Å². The van der Waals surface area contributed by atoms with Gasteiger partial charge in [-0.2, -0.15) is 18.4 Å². The van der Waals surface area contributed by atoms with Crippen LogP contribution in [0.15, 0.2) is 24.3 Å². The van der Waals surface area contributed by atoms with E-state index in [0.29, 0.717) is 0 Å². The molecule has 0 atom stereocenters. The quantitative estimate of drug-likeness (QED) is 0.864. The monoisotopic (exact) mass is 269 g/mol. The van der Waals surface area contributed by atoms with Crippen LogP contribution >= 0.6 is 11.3 Å². The Balaban J connectivity index is 2.69. The molecule has 0 fully saturated rings. The van der Waals surface area contributed by atoms with Crippen molar-refractivity contribution in [2.24, 2.45) is 0 Å². The van der Waals surface area contributed by atoms with Crippen LogP contribution in [-0.4, -0.2) is 4.98 Å². The summed E-state index contributed by atoms with van der Waals surface area (Å²) in [6.07, 6.45) is -4.59. The molecule has 0 aliphatic rings. The smallest absolute Gasteiger partial charge is 0.375 e. The average Bonchev–Trinajstić information content (AvgIpc) is 2.71. The summed E-state index contributed by atoms with van der Waals surface area (Å²) in [5, 5.41) is 8.73. The first-order chi connectivity index (χ1) is 8.43. The molecule has 2 N–H and O–H groups in total. The van der Waals surface area contributed by atoms with Gasteiger partial charge in [-0.25, -0.2) is 4.98 Å². The molecule has 0 saturated carbocycles. The van der Waals surface area contributed by atoms with E-state index in [9.17, 15) is 13.2 Å². The van der Waals surface area contributed by atoms with E-state index in [-0.39, 0.29) is 21.1 Å². The summed E-state index contributed by atoms with van der Waals surface area (Å²) < 4.78 is 38.4. The number of thiazole rings is 1. The van der Waals surface area contributed by atoms with Crippen LogP contribution in [0.25, 0.3) is 10.4 Å². The normalized spacial score (nSPS) is 11.2. The number of nitriles is 1. The van der Waals surface area contributed by atoms with Crippen molar-refractivity contribution in [3.05, 3.63) is 35.5 Å². The van der Waals surface area contributed by atoms with Gasteiger partial charge in [0, 0.05) is 5.56 Å². The van der Waals surface area contributed by atoms with E-state index < -0.39 is 11.9 Å². The molecule has 1 aromatic carbocycles. The number of alkyl halides is 3. The van der Waals surface area contributed by atoms with Crippen LogP contribution in [0.3, 0.4) is 0 Å². The van der Waals surface area contributed by atoms with E-state index in [0.717, 1.165) is 11.3 Å². The van der Waals surface area contributed by atoms with Gasteiger partial charge >= 0.3 is 6.18 Å². The van der Waals surface area contributed by atoms with Crippen LogP contribution in [-0.2, 0) is 6.18 Å². The predicted molar refractivity (Wildman–Crippen MR) is 61.7 cm³/mol. The molecule has 2 rings (SSSR count). The summed E-state index contributed by atoms with van der Waals surface area (Å²) >= 11 is 0.719. The van der Waals surface area contributed by atoms with Crippen molar-refractivity contribution in [1.82, 2.24) is 4.98 Å². The summed E-state index contributed by atoms with van der Waals surface area (Å²) in [6, 6.07) is 7.89. The van der Waals surface area contributed by atoms with Gasteiger partial charge in [-0.15, -0.1) is 0 Å². The second kappa shape index (κ2) is 4.31. The molecule has 7 heteroatoms. The number of hydrogen-bond acceptors (Lipinski definition) is 4. The molecular weight excluding hydrogens is 263 g/mol. The largest absolute Gasteiger partial charge is 0.434 e. The fourth-order valence-corrected chi connectivity index (χ4v) is 2.38. The number of nitrogen functional groups attached to an aromatic ring is 1. The Morgan fingerprint density at radius 1 is 1.28 bits per heavy atom. The SMILES string of the molecule is N#Cc1ccccc1-c1sc(N)nc1C(F)(F)F. The van der Waals surface area contributed by atoms with Gasteiger partial charge in [-0.1, -0.05) is 29.5 Å². The highest BCUT2D eigenvalue weighted by atomic mass is 32.1. The Hall–Kier alpha value is -2.07. The standard InChI is InChI=1S/C11H6F3N3S/c12-11(13,14)9-8(18-10(16)17-9)7-4-2-1-3-6(7)5-15/h1-4H,(H2,16,17). The molecule has 0 amide bonds. The molecule has 92 valence electrons. The molecule has 0 bridgehead atoms. The van der Waals surface area contributed by atoms with Gasteiger partial charge in [0.1, 0.15) is 0 Å². The molecule has 0 unspecified atom stereocenters. The second-order valence-corrected chi connectivity index (χ2v) is 4.42. The van der Waals surface area contributed by atoms with Crippen molar-refractivity contribution < 1.29 is 13.2 Å². The molecule has 1 heterocycles. The third-order valence-corrected chi connectivity index (χ3v) is 3.12. The minimum absolute atomic E-state index is 0.128. The maximum Gasteiger partial charge on any atom is 0.434 e. The molecule has 0 aliphatic carbocycles. The van der Waals surface area contributed by atoms with E-state index in [1.54, 1.807) is 12.1 Å². The van der Waals surface area contributed by atoms with E-state index in [4.69, 9.17) is 11.0 Å². The Morgan fingerprint density at radius 3 is 2.56 bits per heavy atom. The molecule has 0 spiro atoms. The first kappa shape index (κ1) is 12.4. The van der Waals surface area contributed by atoms with Crippen molar-refractivity contribution in [1.29, 1.82) is 5.26 Å². The fraction of sp³-hybridized carbons (Fsp3) is 0.0909. The van der Waals surface area contributed by atoms with Gasteiger partial charge in [0.25, 0.3) is 0 Å². The molecule has 2 aromatic rings. The number of benzene rings is 1. The Bertz CT molecular complexity index is 625. The number of nitrogens with two attached hydrogens (primary N) is 1. The van der Waals surface area contributed by atoms with Crippen molar-refractivity contribution in [3.8, 4) is 16.5 Å². The zero-order chi connectivity index (χ0) is 13.3. The van der Waals surface area contributed by atoms with Gasteiger partial charge in [-0.05, 0) is 6.07 Å². The number of nitrogens with zero attached hydrogens (tertiary/aromatic N) is 2. The van der Waals surface area contributed by atoms with Crippen molar-refractivity contribution in [2.45, 2.75) is 6.18 Å². The molecule has 0 aliphatic heterocycles. The highest BCUT2D eigenvalue weighted by molar-refractivity contribution is 7.18. The summed E-state index contributed by atoms with van der Waals surface area (Å²) in [5.41, 5.74) is 4.64. The topological polar surface area (TPSA) is 62.7 Å². The fourth-order valence-electron chi connectivity index (χ4n) is 1.49. The predicted octanol–water partition coefficient (Wildman–Crippen LogP) is 3.28. The average molecular weight is 269 g/mol. The first-order valence-corrected chi connectivity index (χ1v) is 5.58. The number of anilines is 1. The number of halogens is 3. The maximum absolute atomic E-state index is 12.8. The third-order valence-electron chi connectivity index (χ3n) is 2.20. The lowest BCUT2D eigenvalue weighted by Crippen LogP contribution is -2.07. The number of aromatic nitrogens is 1. The zero-order valence-electron chi connectivity index (χ0n) is 8.82. The van der Waals surface area contributed by atoms with Crippen LogP contribution in [0.2, 0.25) is 0 Å². The Morgan fingerprint density at radius 2 is 1.94 bits per heavy atom. The van der Waals surface area contributed by atoms with E-state index >= 15 is 0 Å². The summed E-state index contributed by atoms with van der Waals surface area (Å²) in [4.78, 5) is 3.17. The van der Waals surface area contributed by atoms with Crippen LogP contribution < -0.4 is 5.73 Å². The molecular formula is C11H6F3N3S. The van der Waals surface area contributed by atoms with Crippen molar-refractivity contribution in [2.75, 3.05) is 5.73 Å². The second-order valence-electron chi connectivity index (χ2n) is 3.38. The summed E-state index contributed by atoms with van der Waals surface area (Å²) in [5.74, 6) is 0. The first-order valence-electron chi connectivity index (χ1n) is 4.76. The van der Waals surface area contributed by atoms with Gasteiger partial charge in [0.15, 0.2) is 10.8 Å². The lowest BCUT2D eigenvalue weighted by Gasteiger charge is -2.06. The minimum Gasteiger partial charge on any atom is -0.375 e. The highest BCUT2D eigenvalue weighted by Crippen LogP contribution is 2.41. The van der Waals surface area contributed by atoms with E-state index in [2.05, 4.69) is 4.98 Å². The van der Waals surface area contributed by atoms with E-state index in [1.807, 2.05) is 6.07 Å². The number of hydrogen-bond donors (Lipinski definition) is 1.